The van der Waals surface area contributed by atoms with Gasteiger partial charge in [0.15, 0.2) is 0 Å². The minimum atomic E-state index is -1.50. The molecule has 10 atom stereocenters. The van der Waals surface area contributed by atoms with E-state index in [1.807, 2.05) is 24.3 Å². The lowest BCUT2D eigenvalue weighted by molar-refractivity contribution is -0.214. The van der Waals surface area contributed by atoms with Crippen LogP contribution in [-0.4, -0.2) is 140 Å². The Labute approximate surface area is 261 Å². The molecule has 0 unspecified atom stereocenters. The first kappa shape index (κ1) is 32.1. The zero-order valence-corrected chi connectivity index (χ0v) is 24.8. The maximum absolute atomic E-state index is 10.4. The first-order chi connectivity index (χ1) is 21.6. The molecule has 0 aromatic heterocycles. The van der Waals surface area contributed by atoms with Gasteiger partial charge in [-0.05, 0) is 79.5 Å². The lowest BCUT2D eigenvalue weighted by Gasteiger charge is -2.39. The summed E-state index contributed by atoms with van der Waals surface area (Å²) in [6.45, 7) is 0.707. The molecular weight excluding hydrogens is 582 g/mol. The van der Waals surface area contributed by atoms with E-state index in [4.69, 9.17) is 9.47 Å². The summed E-state index contributed by atoms with van der Waals surface area (Å²) in [5.41, 5.74) is 5.51. The van der Waals surface area contributed by atoms with Crippen LogP contribution in [0.4, 0.5) is 0 Å². The van der Waals surface area contributed by atoms with E-state index in [1.165, 1.54) is 0 Å². The van der Waals surface area contributed by atoms with Crippen molar-refractivity contribution in [2.24, 2.45) is 0 Å². The summed E-state index contributed by atoms with van der Waals surface area (Å²) in [6, 6.07) is 11.9. The Hall–Kier alpha value is -2.88. The van der Waals surface area contributed by atoms with E-state index in [1.54, 1.807) is 0 Å². The van der Waals surface area contributed by atoms with E-state index < -0.39 is 74.3 Å². The summed E-state index contributed by atoms with van der Waals surface area (Å²) in [5, 5.41) is 80.3. The minimum absolute atomic E-state index is 0.307. The summed E-state index contributed by atoms with van der Waals surface area (Å²) in [7, 11) is 2.09. The molecule has 0 bridgehead atoms. The lowest BCUT2D eigenvalue weighted by Crippen LogP contribution is -2.58. The first-order valence-electron chi connectivity index (χ1n) is 15.2. The van der Waals surface area contributed by atoms with Crippen LogP contribution in [0.15, 0.2) is 36.4 Å². The maximum atomic E-state index is 10.4. The number of hydrogen-bond donors (Lipinski definition) is 8. The summed E-state index contributed by atoms with van der Waals surface area (Å²) >= 11 is 0. The van der Waals surface area contributed by atoms with Crippen molar-refractivity contribution in [3.8, 4) is 34.8 Å². The number of rotatable bonds is 2. The quantitative estimate of drug-likeness (QED) is 0.175. The summed E-state index contributed by atoms with van der Waals surface area (Å²) in [5.74, 6) is 11.9. The highest BCUT2D eigenvalue weighted by Gasteiger charge is 2.46. The zero-order chi connectivity index (χ0) is 32.0. The third-order valence-corrected chi connectivity index (χ3v) is 9.70. The number of nitrogens with zero attached hydrogens (tertiary/aromatic N) is 1. The second-order valence-corrected chi connectivity index (χ2v) is 12.4. The van der Waals surface area contributed by atoms with Crippen molar-refractivity contribution >= 4 is 0 Å². The average molecular weight is 622 g/mol. The van der Waals surface area contributed by atoms with Crippen molar-refractivity contribution in [2.45, 2.75) is 79.3 Å². The van der Waals surface area contributed by atoms with Crippen LogP contribution in [0.1, 0.15) is 35.1 Å². The molecule has 3 heterocycles. The van der Waals surface area contributed by atoms with Crippen LogP contribution < -0.4 is 0 Å². The van der Waals surface area contributed by atoms with Crippen LogP contribution in [0.2, 0.25) is 0 Å². The highest BCUT2D eigenvalue weighted by molar-refractivity contribution is 5.82. The van der Waals surface area contributed by atoms with Gasteiger partial charge >= 0.3 is 0 Å². The van der Waals surface area contributed by atoms with Crippen molar-refractivity contribution in [3.63, 3.8) is 0 Å². The summed E-state index contributed by atoms with van der Waals surface area (Å²) in [4.78, 5) is 2.29. The Bertz CT molecular complexity index is 1420. The molecule has 8 N–H and O–H groups in total. The standard InChI is InChI=1S/C34H39NO10/c1-35-12-10-34(11-13-35)22-14-18(4-8-24-28(38)32(42)30(40)26(16-36)44-24)2-6-20(22)21-7-3-19(15-23(21)34)5-9-25-29(39)33(43)31(41)27(17-37)45-25/h2-3,6-7,14-15,24-33,36-43H,10-13,16-17H2,1H3/t24-,25-,26-,27-,28-,29-,30-,31-,32-,33-/m1/s1. The predicted octanol–water partition coefficient (Wildman–Crippen LogP) is -1.93. The number of likely N-dealkylation sites (tertiary alicyclic amines) is 1. The van der Waals surface area contributed by atoms with E-state index >= 15 is 0 Å². The molecule has 3 aliphatic heterocycles. The predicted molar refractivity (Wildman–Crippen MR) is 161 cm³/mol. The molecule has 11 heteroatoms. The lowest BCUT2D eigenvalue weighted by atomic mass is 9.70. The van der Waals surface area contributed by atoms with E-state index in [0.29, 0.717) is 11.1 Å². The molecule has 1 spiro atoms. The van der Waals surface area contributed by atoms with Crippen LogP contribution in [0.5, 0.6) is 0 Å². The van der Waals surface area contributed by atoms with Crippen molar-refractivity contribution in [1.82, 2.24) is 4.90 Å². The second kappa shape index (κ2) is 12.7. The number of piperidine rings is 1. The van der Waals surface area contributed by atoms with Gasteiger partial charge in [0.1, 0.15) is 61.0 Å². The molecule has 1 aliphatic carbocycles. The highest BCUT2D eigenvalue weighted by atomic mass is 16.5. The summed E-state index contributed by atoms with van der Waals surface area (Å²) < 4.78 is 11.1. The normalized spacial score (nSPS) is 35.5. The third-order valence-electron chi connectivity index (χ3n) is 9.70. The van der Waals surface area contributed by atoms with Gasteiger partial charge in [0.05, 0.1) is 13.2 Å². The highest BCUT2D eigenvalue weighted by Crippen LogP contribution is 2.54. The molecule has 0 radical (unpaired) electrons. The molecule has 45 heavy (non-hydrogen) atoms. The molecule has 0 saturated carbocycles. The molecule has 4 aliphatic rings. The van der Waals surface area contributed by atoms with Gasteiger partial charge in [0.2, 0.25) is 0 Å². The number of aliphatic hydroxyl groups is 8. The molecule has 3 saturated heterocycles. The Kier molecular flexibility index (Phi) is 9.07. The average Bonchev–Trinajstić information content (AvgIpc) is 3.31. The molecule has 3 fully saturated rings. The van der Waals surface area contributed by atoms with Gasteiger partial charge in [-0.2, -0.15) is 0 Å². The largest absolute Gasteiger partial charge is 0.394 e. The molecular formula is C34H39NO10. The van der Waals surface area contributed by atoms with Gasteiger partial charge in [-0.15, -0.1) is 0 Å². The monoisotopic (exact) mass is 621 g/mol. The van der Waals surface area contributed by atoms with E-state index in [-0.39, 0.29) is 5.41 Å². The smallest absolute Gasteiger partial charge is 0.147 e. The van der Waals surface area contributed by atoms with Gasteiger partial charge in [0.25, 0.3) is 0 Å². The Morgan fingerprint density at radius 3 is 1.49 bits per heavy atom. The number of aliphatic hydroxyl groups excluding tert-OH is 8. The molecule has 2 aromatic rings. The topological polar surface area (TPSA) is 184 Å². The number of fused-ring (bicyclic) bond motifs is 5. The van der Waals surface area contributed by atoms with E-state index in [0.717, 1.165) is 48.2 Å². The molecule has 240 valence electrons. The van der Waals surface area contributed by atoms with Crippen molar-refractivity contribution < 1.29 is 50.3 Å². The van der Waals surface area contributed by atoms with Gasteiger partial charge in [0, 0.05) is 16.5 Å². The number of benzene rings is 2. The fourth-order valence-electron chi connectivity index (χ4n) is 6.94. The van der Waals surface area contributed by atoms with Gasteiger partial charge in [-0.3, -0.25) is 0 Å². The van der Waals surface area contributed by atoms with Crippen LogP contribution >= 0.6 is 0 Å². The Morgan fingerprint density at radius 1 is 0.667 bits per heavy atom. The van der Waals surface area contributed by atoms with Crippen LogP contribution in [0.3, 0.4) is 0 Å². The number of hydrogen-bond acceptors (Lipinski definition) is 11. The van der Waals surface area contributed by atoms with Gasteiger partial charge in [-0.1, -0.05) is 35.8 Å². The van der Waals surface area contributed by atoms with Crippen LogP contribution in [0, 0.1) is 23.7 Å². The van der Waals surface area contributed by atoms with Gasteiger partial charge < -0.3 is 55.2 Å². The van der Waals surface area contributed by atoms with E-state index in [2.05, 4.69) is 47.8 Å². The minimum Gasteiger partial charge on any atom is -0.394 e. The molecule has 11 nitrogen and oxygen atoms in total. The zero-order valence-electron chi connectivity index (χ0n) is 24.8. The Balaban J connectivity index is 1.32. The third kappa shape index (κ3) is 5.69. The maximum Gasteiger partial charge on any atom is 0.147 e. The Morgan fingerprint density at radius 2 is 1.09 bits per heavy atom. The fraction of sp³-hybridized carbons (Fsp3) is 0.529. The first-order valence-corrected chi connectivity index (χ1v) is 15.2. The number of ether oxygens (including phenoxy) is 2. The molecule has 6 rings (SSSR count). The van der Waals surface area contributed by atoms with Crippen molar-refractivity contribution in [1.29, 1.82) is 0 Å². The second-order valence-electron chi connectivity index (χ2n) is 12.4. The van der Waals surface area contributed by atoms with Crippen molar-refractivity contribution in [3.05, 3.63) is 58.7 Å². The van der Waals surface area contributed by atoms with Crippen LogP contribution in [-0.2, 0) is 14.9 Å². The SMILES string of the molecule is CN1CCC2(CC1)c1cc(C#C[C@H]3O[C@H](CO)[C@@H](O)[C@H](O)[C@@H]3O)ccc1-c1ccc(C#C[C@H]3O[C@H](CO)[C@@H](O)[C@H](O)[C@@H]3O)cc12. The fourth-order valence-corrected chi connectivity index (χ4v) is 6.94. The van der Waals surface area contributed by atoms with Gasteiger partial charge in [-0.25, -0.2) is 0 Å². The van der Waals surface area contributed by atoms with Crippen molar-refractivity contribution in [2.75, 3.05) is 33.4 Å². The summed E-state index contributed by atoms with van der Waals surface area (Å²) in [6.07, 6.45) is -11.3. The molecule has 2 aromatic carbocycles. The van der Waals surface area contributed by atoms with Crippen LogP contribution in [0.25, 0.3) is 11.1 Å². The van der Waals surface area contributed by atoms with E-state index in [9.17, 15) is 40.9 Å². The molecule has 0 amide bonds.